The van der Waals surface area contributed by atoms with E-state index in [2.05, 4.69) is 102 Å². The highest BCUT2D eigenvalue weighted by atomic mass is 15.1. The molecular formula is C27H21N. The van der Waals surface area contributed by atoms with E-state index >= 15 is 0 Å². The zero-order valence-electron chi connectivity index (χ0n) is 15.7. The summed E-state index contributed by atoms with van der Waals surface area (Å²) >= 11 is 0. The van der Waals surface area contributed by atoms with Gasteiger partial charge in [0.2, 0.25) is 0 Å². The van der Waals surface area contributed by atoms with Crippen molar-refractivity contribution in [3.8, 4) is 11.1 Å². The van der Waals surface area contributed by atoms with Gasteiger partial charge < -0.3 is 4.57 Å². The van der Waals surface area contributed by atoms with Crippen LogP contribution in [0.3, 0.4) is 0 Å². The molecule has 0 bridgehead atoms. The Morgan fingerprint density at radius 3 is 2.25 bits per heavy atom. The number of benzene rings is 4. The third-order valence-corrected chi connectivity index (χ3v) is 6.22. The predicted molar refractivity (Wildman–Crippen MR) is 118 cm³/mol. The Morgan fingerprint density at radius 2 is 1.36 bits per heavy atom. The minimum absolute atomic E-state index is 0.392. The fourth-order valence-corrected chi connectivity index (χ4v) is 5.08. The molecule has 1 aliphatic rings. The molecule has 0 radical (unpaired) electrons. The predicted octanol–water partition coefficient (Wildman–Crippen LogP) is 7.00. The van der Waals surface area contributed by atoms with E-state index in [-0.39, 0.29) is 0 Å². The number of hydrogen-bond donors (Lipinski definition) is 0. The Kier molecular flexibility index (Phi) is 3.42. The summed E-state index contributed by atoms with van der Waals surface area (Å²) in [5, 5.41) is 4.07. The molecule has 0 unspecified atom stereocenters. The smallest absolute Gasteiger partial charge is 0.0598 e. The standard InChI is InChI=1S/C27H21N/c1-2-10-20(11-3-1)27-23-14-6-7-16-24(23)28-25(17-18-26(27)28)22-15-8-12-19-9-4-5-13-21(19)22/h1-16,25H,17-18H2/t25-/m1/s1. The Morgan fingerprint density at radius 1 is 0.643 bits per heavy atom. The minimum Gasteiger partial charge on any atom is -0.336 e. The molecule has 1 atom stereocenters. The molecule has 5 aromatic rings. The first kappa shape index (κ1) is 15.7. The van der Waals surface area contributed by atoms with E-state index in [0.29, 0.717) is 6.04 Å². The van der Waals surface area contributed by atoms with E-state index in [1.54, 1.807) is 0 Å². The van der Waals surface area contributed by atoms with Gasteiger partial charge in [0.25, 0.3) is 0 Å². The van der Waals surface area contributed by atoms with Crippen molar-refractivity contribution in [1.82, 2.24) is 4.57 Å². The van der Waals surface area contributed by atoms with Crippen molar-refractivity contribution in [3.05, 3.63) is 108 Å². The van der Waals surface area contributed by atoms with Crippen molar-refractivity contribution in [2.24, 2.45) is 0 Å². The van der Waals surface area contributed by atoms with Gasteiger partial charge >= 0.3 is 0 Å². The number of nitrogens with zero attached hydrogens (tertiary/aromatic N) is 1. The van der Waals surface area contributed by atoms with Crippen LogP contribution < -0.4 is 0 Å². The maximum atomic E-state index is 2.61. The average Bonchev–Trinajstić information content (AvgIpc) is 3.32. The SMILES string of the molecule is c1ccc(-c2c3n(c4ccccc24)[C@@H](c2cccc4ccccc24)CC3)cc1. The van der Waals surface area contributed by atoms with Gasteiger partial charge in [-0.15, -0.1) is 0 Å². The topological polar surface area (TPSA) is 4.93 Å². The maximum absolute atomic E-state index is 2.61. The van der Waals surface area contributed by atoms with Gasteiger partial charge in [-0.3, -0.25) is 0 Å². The molecular weight excluding hydrogens is 338 g/mol. The highest BCUT2D eigenvalue weighted by Crippen LogP contribution is 2.45. The summed E-state index contributed by atoms with van der Waals surface area (Å²) in [5.74, 6) is 0. The maximum Gasteiger partial charge on any atom is 0.0598 e. The molecule has 28 heavy (non-hydrogen) atoms. The number of para-hydroxylation sites is 1. The van der Waals surface area contributed by atoms with Crippen LogP contribution in [0.1, 0.15) is 23.7 Å². The molecule has 0 amide bonds. The summed E-state index contributed by atoms with van der Waals surface area (Å²) in [6.07, 6.45) is 2.28. The minimum atomic E-state index is 0.392. The van der Waals surface area contributed by atoms with Crippen LogP contribution in [0.2, 0.25) is 0 Å². The van der Waals surface area contributed by atoms with Crippen LogP contribution in [-0.2, 0) is 6.42 Å². The summed E-state index contributed by atoms with van der Waals surface area (Å²) in [7, 11) is 0. The van der Waals surface area contributed by atoms with Crippen molar-refractivity contribution in [2.45, 2.75) is 18.9 Å². The van der Waals surface area contributed by atoms with E-state index in [1.807, 2.05) is 0 Å². The second kappa shape index (κ2) is 6.10. The summed E-state index contributed by atoms with van der Waals surface area (Å²) in [6, 6.07) is 35.7. The Labute approximate surface area is 164 Å². The van der Waals surface area contributed by atoms with E-state index in [4.69, 9.17) is 0 Å². The van der Waals surface area contributed by atoms with Crippen LogP contribution in [0.15, 0.2) is 97.1 Å². The fraction of sp³-hybridized carbons (Fsp3) is 0.111. The Bertz CT molecular complexity index is 1310. The number of rotatable bonds is 2. The first-order valence-electron chi connectivity index (χ1n) is 10.1. The molecule has 1 nitrogen and oxygen atoms in total. The summed E-state index contributed by atoms with van der Waals surface area (Å²) in [4.78, 5) is 0. The highest BCUT2D eigenvalue weighted by molar-refractivity contribution is 5.99. The quantitative estimate of drug-likeness (QED) is 0.320. The first-order chi connectivity index (χ1) is 13.9. The normalized spacial score (nSPS) is 15.9. The Hall–Kier alpha value is -3.32. The van der Waals surface area contributed by atoms with Crippen molar-refractivity contribution < 1.29 is 0 Å². The molecule has 6 rings (SSSR count). The van der Waals surface area contributed by atoms with E-state index in [0.717, 1.165) is 12.8 Å². The van der Waals surface area contributed by atoms with Gasteiger partial charge in [-0.2, -0.15) is 0 Å². The average molecular weight is 359 g/mol. The van der Waals surface area contributed by atoms with Crippen LogP contribution in [0.4, 0.5) is 0 Å². The number of aromatic nitrogens is 1. The summed E-state index contributed by atoms with van der Waals surface area (Å²) < 4.78 is 2.61. The van der Waals surface area contributed by atoms with Gasteiger partial charge in [-0.1, -0.05) is 91.0 Å². The van der Waals surface area contributed by atoms with Crippen LogP contribution in [0, 0.1) is 0 Å². The second-order valence-corrected chi connectivity index (χ2v) is 7.70. The van der Waals surface area contributed by atoms with E-state index in [9.17, 15) is 0 Å². The molecule has 1 aliphatic heterocycles. The molecule has 0 saturated heterocycles. The molecule has 1 aromatic heterocycles. The van der Waals surface area contributed by atoms with Crippen LogP contribution in [0.5, 0.6) is 0 Å². The summed E-state index contributed by atoms with van der Waals surface area (Å²) in [5.41, 5.74) is 7.01. The van der Waals surface area contributed by atoms with Gasteiger partial charge in [0.1, 0.15) is 0 Å². The van der Waals surface area contributed by atoms with Gasteiger partial charge in [0.05, 0.1) is 6.04 Å². The van der Waals surface area contributed by atoms with Crippen LogP contribution in [0.25, 0.3) is 32.8 Å². The molecule has 0 fully saturated rings. The number of fused-ring (bicyclic) bond motifs is 4. The zero-order valence-corrected chi connectivity index (χ0v) is 15.7. The molecule has 4 aromatic carbocycles. The molecule has 1 heteroatoms. The molecule has 0 aliphatic carbocycles. The lowest BCUT2D eigenvalue weighted by Gasteiger charge is -2.18. The lowest BCUT2D eigenvalue weighted by Crippen LogP contribution is -2.06. The van der Waals surface area contributed by atoms with E-state index in [1.165, 1.54) is 44.1 Å². The fourth-order valence-electron chi connectivity index (χ4n) is 5.08. The van der Waals surface area contributed by atoms with Crippen molar-refractivity contribution in [2.75, 3.05) is 0 Å². The Balaban J connectivity index is 1.64. The number of hydrogen-bond acceptors (Lipinski definition) is 0. The molecule has 0 spiro atoms. The van der Waals surface area contributed by atoms with Gasteiger partial charge in [0, 0.05) is 22.2 Å². The van der Waals surface area contributed by atoms with Gasteiger partial charge in [0.15, 0.2) is 0 Å². The van der Waals surface area contributed by atoms with E-state index < -0.39 is 0 Å². The lowest BCUT2D eigenvalue weighted by atomic mass is 9.96. The van der Waals surface area contributed by atoms with Gasteiger partial charge in [-0.25, -0.2) is 0 Å². The van der Waals surface area contributed by atoms with Crippen molar-refractivity contribution in [3.63, 3.8) is 0 Å². The van der Waals surface area contributed by atoms with Crippen LogP contribution in [-0.4, -0.2) is 4.57 Å². The highest BCUT2D eigenvalue weighted by Gasteiger charge is 2.30. The summed E-state index contributed by atoms with van der Waals surface area (Å²) in [6.45, 7) is 0. The molecule has 134 valence electrons. The second-order valence-electron chi connectivity index (χ2n) is 7.70. The van der Waals surface area contributed by atoms with Crippen molar-refractivity contribution >= 4 is 21.7 Å². The zero-order chi connectivity index (χ0) is 18.5. The lowest BCUT2D eigenvalue weighted by molar-refractivity contribution is 0.643. The third-order valence-electron chi connectivity index (χ3n) is 6.22. The molecule has 0 N–H and O–H groups in total. The molecule has 2 heterocycles. The molecule has 0 saturated carbocycles. The van der Waals surface area contributed by atoms with Crippen LogP contribution >= 0.6 is 0 Å². The van der Waals surface area contributed by atoms with Gasteiger partial charge in [-0.05, 0) is 40.8 Å². The van der Waals surface area contributed by atoms with Crippen molar-refractivity contribution in [1.29, 1.82) is 0 Å². The first-order valence-corrected chi connectivity index (χ1v) is 10.1. The third kappa shape index (κ3) is 2.20. The largest absolute Gasteiger partial charge is 0.336 e. The monoisotopic (exact) mass is 359 g/mol.